The first-order chi connectivity index (χ1) is 14.6. The number of hydrogen-bond acceptors (Lipinski definition) is 4. The molecule has 1 unspecified atom stereocenters. The molecule has 2 aromatic carbocycles. The number of urea groups is 1. The highest BCUT2D eigenvalue weighted by Gasteiger charge is 2.31. The van der Waals surface area contributed by atoms with E-state index in [1.165, 1.54) is 5.56 Å². The van der Waals surface area contributed by atoms with Crippen LogP contribution in [0, 0.1) is 0 Å². The summed E-state index contributed by atoms with van der Waals surface area (Å²) in [6.07, 6.45) is 2.85. The zero-order valence-corrected chi connectivity index (χ0v) is 18.3. The molecule has 1 fully saturated rings. The van der Waals surface area contributed by atoms with Crippen molar-refractivity contribution in [2.24, 2.45) is 0 Å². The normalized spacial score (nSPS) is 16.0. The van der Waals surface area contributed by atoms with E-state index in [0.29, 0.717) is 6.54 Å². The number of methoxy groups -OCH3 is 2. The van der Waals surface area contributed by atoms with Gasteiger partial charge in [0.25, 0.3) is 0 Å². The van der Waals surface area contributed by atoms with Crippen LogP contribution >= 0.6 is 0 Å². The summed E-state index contributed by atoms with van der Waals surface area (Å²) < 4.78 is 10.9. The lowest BCUT2D eigenvalue weighted by Crippen LogP contribution is -2.40. The third-order valence-electron chi connectivity index (χ3n) is 5.60. The van der Waals surface area contributed by atoms with Crippen molar-refractivity contribution in [3.63, 3.8) is 0 Å². The largest absolute Gasteiger partial charge is 0.497 e. The standard InChI is InChI=1S/C24H33N3O3/c1-26(18-19-9-5-4-6-10-19)15-8-14-25-24(28)27-16-7-11-22(27)21-13-12-20(29-2)17-23(21)30-3/h4-6,9-10,12-13,17,22H,7-8,11,14-16,18H2,1-3H3,(H,25,28). The molecule has 2 aromatic rings. The first-order valence-corrected chi connectivity index (χ1v) is 10.6. The Labute approximate surface area is 179 Å². The van der Waals surface area contributed by atoms with E-state index < -0.39 is 0 Å². The Kier molecular flexibility index (Phi) is 7.97. The molecule has 1 heterocycles. The van der Waals surface area contributed by atoms with Crippen molar-refractivity contribution in [1.82, 2.24) is 15.1 Å². The minimum absolute atomic E-state index is 0.00100. The number of carbonyl (C=O) groups is 1. The van der Waals surface area contributed by atoms with Crippen LogP contribution in [0.25, 0.3) is 0 Å². The molecule has 2 amide bonds. The summed E-state index contributed by atoms with van der Waals surface area (Å²) in [5.41, 5.74) is 2.34. The summed E-state index contributed by atoms with van der Waals surface area (Å²) in [6.45, 7) is 3.28. The zero-order chi connectivity index (χ0) is 21.3. The number of carbonyl (C=O) groups excluding carboxylic acids is 1. The summed E-state index contributed by atoms with van der Waals surface area (Å²) in [5, 5.41) is 3.10. The van der Waals surface area contributed by atoms with Gasteiger partial charge in [0.05, 0.1) is 20.3 Å². The molecule has 1 saturated heterocycles. The predicted octanol–water partition coefficient (Wildman–Crippen LogP) is 4.07. The van der Waals surface area contributed by atoms with Gasteiger partial charge in [-0.05, 0) is 50.6 Å². The number of amides is 2. The molecule has 6 heteroatoms. The molecule has 1 atom stereocenters. The van der Waals surface area contributed by atoms with Crippen LogP contribution in [0.3, 0.4) is 0 Å². The van der Waals surface area contributed by atoms with E-state index in [2.05, 4.69) is 41.5 Å². The van der Waals surface area contributed by atoms with E-state index in [4.69, 9.17) is 9.47 Å². The van der Waals surface area contributed by atoms with Crippen molar-refractivity contribution in [2.75, 3.05) is 40.9 Å². The van der Waals surface area contributed by atoms with Gasteiger partial charge in [0, 0.05) is 31.3 Å². The second-order valence-electron chi connectivity index (χ2n) is 7.77. The fourth-order valence-corrected chi connectivity index (χ4v) is 4.05. The van der Waals surface area contributed by atoms with Crippen molar-refractivity contribution in [2.45, 2.75) is 31.8 Å². The maximum Gasteiger partial charge on any atom is 0.317 e. The van der Waals surface area contributed by atoms with Crippen LogP contribution < -0.4 is 14.8 Å². The van der Waals surface area contributed by atoms with Crippen LogP contribution in [0.2, 0.25) is 0 Å². The van der Waals surface area contributed by atoms with Gasteiger partial charge in [-0.25, -0.2) is 4.79 Å². The number of nitrogens with zero attached hydrogens (tertiary/aromatic N) is 2. The van der Waals surface area contributed by atoms with Gasteiger partial charge in [0.15, 0.2) is 0 Å². The van der Waals surface area contributed by atoms with Crippen molar-refractivity contribution in [1.29, 1.82) is 0 Å². The van der Waals surface area contributed by atoms with Gasteiger partial charge in [0.1, 0.15) is 11.5 Å². The SMILES string of the molecule is COc1ccc(C2CCCN2C(=O)NCCCN(C)Cc2ccccc2)c(OC)c1. The number of hydrogen-bond donors (Lipinski definition) is 1. The molecule has 0 radical (unpaired) electrons. The summed E-state index contributed by atoms with van der Waals surface area (Å²) in [6, 6.07) is 16.3. The first kappa shape index (κ1) is 22.0. The van der Waals surface area contributed by atoms with Gasteiger partial charge in [-0.3, -0.25) is 0 Å². The Morgan fingerprint density at radius 1 is 1.17 bits per heavy atom. The van der Waals surface area contributed by atoms with E-state index >= 15 is 0 Å². The fourth-order valence-electron chi connectivity index (χ4n) is 4.05. The number of ether oxygens (including phenoxy) is 2. The topological polar surface area (TPSA) is 54.0 Å². The zero-order valence-electron chi connectivity index (χ0n) is 18.3. The van der Waals surface area contributed by atoms with Crippen molar-refractivity contribution in [3.05, 3.63) is 59.7 Å². The van der Waals surface area contributed by atoms with E-state index in [-0.39, 0.29) is 12.1 Å². The fraction of sp³-hybridized carbons (Fsp3) is 0.458. The molecule has 1 aliphatic heterocycles. The third-order valence-corrected chi connectivity index (χ3v) is 5.60. The van der Waals surface area contributed by atoms with Crippen molar-refractivity contribution < 1.29 is 14.3 Å². The molecule has 0 bridgehead atoms. The van der Waals surface area contributed by atoms with E-state index in [0.717, 1.165) is 56.0 Å². The Balaban J connectivity index is 1.49. The highest BCUT2D eigenvalue weighted by molar-refractivity contribution is 5.75. The lowest BCUT2D eigenvalue weighted by molar-refractivity contribution is 0.191. The lowest BCUT2D eigenvalue weighted by Gasteiger charge is -2.27. The summed E-state index contributed by atoms with van der Waals surface area (Å²) in [4.78, 5) is 17.0. The van der Waals surface area contributed by atoms with Crippen LogP contribution in [0.4, 0.5) is 4.79 Å². The Morgan fingerprint density at radius 3 is 2.70 bits per heavy atom. The molecule has 3 rings (SSSR count). The second kappa shape index (κ2) is 10.9. The van der Waals surface area contributed by atoms with Crippen molar-refractivity contribution >= 4 is 6.03 Å². The van der Waals surface area contributed by atoms with Crippen LogP contribution in [-0.2, 0) is 6.54 Å². The van der Waals surface area contributed by atoms with E-state index in [1.54, 1.807) is 14.2 Å². The van der Waals surface area contributed by atoms with Gasteiger partial charge in [-0.15, -0.1) is 0 Å². The third kappa shape index (κ3) is 5.66. The Morgan fingerprint density at radius 2 is 1.97 bits per heavy atom. The minimum atomic E-state index is 0.00100. The summed E-state index contributed by atoms with van der Waals surface area (Å²) in [5.74, 6) is 1.52. The quantitative estimate of drug-likeness (QED) is 0.632. The van der Waals surface area contributed by atoms with E-state index in [1.807, 2.05) is 29.2 Å². The molecule has 162 valence electrons. The number of nitrogens with one attached hydrogen (secondary N) is 1. The smallest absolute Gasteiger partial charge is 0.317 e. The maximum absolute atomic E-state index is 12.8. The van der Waals surface area contributed by atoms with Gasteiger partial charge in [0.2, 0.25) is 0 Å². The van der Waals surface area contributed by atoms with Crippen LogP contribution in [0.15, 0.2) is 48.5 Å². The molecule has 0 spiro atoms. The molecule has 0 aliphatic carbocycles. The second-order valence-corrected chi connectivity index (χ2v) is 7.77. The number of rotatable bonds is 9. The van der Waals surface area contributed by atoms with Crippen LogP contribution in [0.1, 0.15) is 36.4 Å². The van der Waals surface area contributed by atoms with Crippen molar-refractivity contribution in [3.8, 4) is 11.5 Å². The molecule has 1 N–H and O–H groups in total. The highest BCUT2D eigenvalue weighted by Crippen LogP contribution is 2.38. The number of benzene rings is 2. The lowest BCUT2D eigenvalue weighted by atomic mass is 10.0. The molecule has 6 nitrogen and oxygen atoms in total. The maximum atomic E-state index is 12.8. The highest BCUT2D eigenvalue weighted by atomic mass is 16.5. The average Bonchev–Trinajstić information content (AvgIpc) is 3.26. The van der Waals surface area contributed by atoms with Crippen LogP contribution in [0.5, 0.6) is 11.5 Å². The average molecular weight is 412 g/mol. The molecule has 0 saturated carbocycles. The van der Waals surface area contributed by atoms with Gasteiger partial charge in [-0.1, -0.05) is 30.3 Å². The molecular weight excluding hydrogens is 378 g/mol. The minimum Gasteiger partial charge on any atom is -0.497 e. The molecular formula is C24H33N3O3. The van der Waals surface area contributed by atoms with E-state index in [9.17, 15) is 4.79 Å². The number of likely N-dealkylation sites (tertiary alicyclic amines) is 1. The van der Waals surface area contributed by atoms with Gasteiger partial charge in [-0.2, -0.15) is 0 Å². The van der Waals surface area contributed by atoms with Crippen LogP contribution in [-0.4, -0.2) is 56.7 Å². The van der Waals surface area contributed by atoms with Gasteiger partial charge < -0.3 is 24.6 Å². The first-order valence-electron chi connectivity index (χ1n) is 10.6. The summed E-state index contributed by atoms with van der Waals surface area (Å²) in [7, 11) is 5.41. The predicted molar refractivity (Wildman–Crippen MR) is 119 cm³/mol. The molecule has 0 aromatic heterocycles. The Bertz CT molecular complexity index is 813. The van der Waals surface area contributed by atoms with Gasteiger partial charge >= 0.3 is 6.03 Å². The molecule has 30 heavy (non-hydrogen) atoms. The summed E-state index contributed by atoms with van der Waals surface area (Å²) >= 11 is 0. The monoisotopic (exact) mass is 411 g/mol. The Hall–Kier alpha value is -2.73. The molecule has 1 aliphatic rings.